The molecule has 9 nitrogen and oxygen atoms in total. The molecule has 39 heavy (non-hydrogen) atoms. The van der Waals surface area contributed by atoms with Gasteiger partial charge >= 0.3 is 0 Å². The fraction of sp³-hybridized carbons (Fsp3) is 0.300. The zero-order chi connectivity index (χ0) is 28.1. The van der Waals surface area contributed by atoms with Gasteiger partial charge in [-0.1, -0.05) is 24.3 Å². The number of hydrogen-bond donors (Lipinski definition) is 4. The number of benzene rings is 2. The van der Waals surface area contributed by atoms with Crippen LogP contribution in [0.15, 0.2) is 48.7 Å². The Morgan fingerprint density at radius 3 is 2.59 bits per heavy atom. The second-order valence-electron chi connectivity index (χ2n) is 9.73. The van der Waals surface area contributed by atoms with E-state index in [1.807, 2.05) is 69.2 Å². The van der Waals surface area contributed by atoms with Crippen molar-refractivity contribution in [1.82, 2.24) is 20.1 Å². The van der Waals surface area contributed by atoms with Crippen molar-refractivity contribution in [2.45, 2.75) is 13.8 Å². The van der Waals surface area contributed by atoms with E-state index in [2.05, 4.69) is 15.6 Å². The summed E-state index contributed by atoms with van der Waals surface area (Å²) >= 11 is 0. The van der Waals surface area contributed by atoms with Gasteiger partial charge in [0.1, 0.15) is 0 Å². The zero-order valence-electron chi connectivity index (χ0n) is 22.8. The van der Waals surface area contributed by atoms with Crippen LogP contribution in [0.5, 0.6) is 0 Å². The van der Waals surface area contributed by atoms with Crippen LogP contribution in [0.1, 0.15) is 44.5 Å². The third kappa shape index (κ3) is 5.94. The summed E-state index contributed by atoms with van der Waals surface area (Å²) < 4.78 is 0. The standard InChI is InChI=1S/C30H35N5O4/c1-5-35(14-15-36)30(39)24-18-32-26(19(24)2)17-23-27-22(10-7-11-25(27)33-29(23)38)20-8-6-9-21(16-20)28(37)31-12-13-34(3)4/h6-11,16-18,32,36H,5,12-15H2,1-4H3,(H,31,37)(H,33,38)/b23-17-. The first-order chi connectivity index (χ1) is 18.7. The van der Waals surface area contributed by atoms with Crippen molar-refractivity contribution >= 4 is 35.1 Å². The molecule has 4 rings (SSSR count). The van der Waals surface area contributed by atoms with E-state index >= 15 is 0 Å². The first-order valence-electron chi connectivity index (χ1n) is 13.0. The van der Waals surface area contributed by atoms with Crippen molar-refractivity contribution < 1.29 is 19.5 Å². The van der Waals surface area contributed by atoms with Crippen molar-refractivity contribution in [3.63, 3.8) is 0 Å². The lowest BCUT2D eigenvalue weighted by atomic mass is 9.93. The third-order valence-corrected chi connectivity index (χ3v) is 6.84. The number of aromatic amines is 1. The number of aliphatic hydroxyl groups is 1. The molecular weight excluding hydrogens is 494 g/mol. The van der Waals surface area contributed by atoms with E-state index in [4.69, 9.17) is 0 Å². The third-order valence-electron chi connectivity index (χ3n) is 6.84. The summed E-state index contributed by atoms with van der Waals surface area (Å²) in [6, 6.07) is 13.0. The number of rotatable bonds is 10. The minimum absolute atomic E-state index is 0.112. The van der Waals surface area contributed by atoms with Crippen LogP contribution in [0.3, 0.4) is 0 Å². The van der Waals surface area contributed by atoms with Crippen molar-refractivity contribution in [3.8, 4) is 11.1 Å². The van der Waals surface area contributed by atoms with Crippen LogP contribution >= 0.6 is 0 Å². The average molecular weight is 530 g/mol. The second-order valence-corrected chi connectivity index (χ2v) is 9.73. The predicted molar refractivity (Wildman–Crippen MR) is 153 cm³/mol. The maximum absolute atomic E-state index is 13.1. The predicted octanol–water partition coefficient (Wildman–Crippen LogP) is 3.23. The summed E-state index contributed by atoms with van der Waals surface area (Å²) in [6.07, 6.45) is 3.40. The molecule has 0 bridgehead atoms. The van der Waals surface area contributed by atoms with E-state index in [0.29, 0.717) is 41.2 Å². The van der Waals surface area contributed by atoms with Gasteiger partial charge in [-0.2, -0.15) is 0 Å². The molecule has 0 spiro atoms. The quantitative estimate of drug-likeness (QED) is 0.301. The molecule has 3 amide bonds. The van der Waals surface area contributed by atoms with Gasteiger partial charge in [-0.3, -0.25) is 14.4 Å². The highest BCUT2D eigenvalue weighted by atomic mass is 16.3. The lowest BCUT2D eigenvalue weighted by Gasteiger charge is -2.19. The topological polar surface area (TPSA) is 118 Å². The number of carbonyl (C=O) groups excluding carboxylic acids is 3. The molecule has 1 aliphatic rings. The molecule has 204 valence electrons. The van der Waals surface area contributed by atoms with Gasteiger partial charge in [-0.05, 0) is 68.9 Å². The van der Waals surface area contributed by atoms with E-state index in [0.717, 1.165) is 28.8 Å². The Morgan fingerprint density at radius 1 is 1.10 bits per heavy atom. The number of fused-ring (bicyclic) bond motifs is 1. The summed E-state index contributed by atoms with van der Waals surface area (Å²) in [5.41, 5.74) is 5.94. The van der Waals surface area contributed by atoms with Gasteiger partial charge in [-0.25, -0.2) is 0 Å². The van der Waals surface area contributed by atoms with Gasteiger partial charge < -0.3 is 30.5 Å². The fourth-order valence-corrected chi connectivity index (χ4v) is 4.67. The van der Waals surface area contributed by atoms with Crippen LogP contribution in [0.2, 0.25) is 0 Å². The number of nitrogens with zero attached hydrogens (tertiary/aromatic N) is 2. The minimum atomic E-state index is -0.243. The molecule has 1 aliphatic heterocycles. The van der Waals surface area contributed by atoms with Gasteiger partial charge in [0.05, 0.1) is 17.7 Å². The highest BCUT2D eigenvalue weighted by molar-refractivity contribution is 6.36. The summed E-state index contributed by atoms with van der Waals surface area (Å²) in [4.78, 5) is 45.5. The Hall–Kier alpha value is -4.21. The Kier molecular flexibility index (Phi) is 8.63. The van der Waals surface area contributed by atoms with Crippen LogP contribution in [0.25, 0.3) is 22.8 Å². The number of anilines is 1. The van der Waals surface area contributed by atoms with Crippen LogP contribution in [-0.2, 0) is 4.79 Å². The Morgan fingerprint density at radius 2 is 1.87 bits per heavy atom. The molecule has 0 saturated heterocycles. The molecule has 0 atom stereocenters. The first-order valence-corrected chi connectivity index (χ1v) is 13.0. The number of likely N-dealkylation sites (N-methyl/N-ethyl adjacent to an activating group) is 2. The van der Waals surface area contributed by atoms with Crippen LogP contribution < -0.4 is 10.6 Å². The maximum Gasteiger partial charge on any atom is 0.256 e. The van der Waals surface area contributed by atoms with Crippen molar-refractivity contribution in [1.29, 1.82) is 0 Å². The van der Waals surface area contributed by atoms with Gasteiger partial charge in [-0.15, -0.1) is 0 Å². The van der Waals surface area contributed by atoms with Gasteiger partial charge in [0.25, 0.3) is 17.7 Å². The number of H-pyrrole nitrogens is 1. The number of aliphatic hydroxyl groups excluding tert-OH is 1. The van der Waals surface area contributed by atoms with Gasteiger partial charge in [0, 0.05) is 54.9 Å². The maximum atomic E-state index is 13.1. The van der Waals surface area contributed by atoms with E-state index in [-0.39, 0.29) is 30.9 Å². The SMILES string of the molecule is CCN(CCO)C(=O)c1c[nH]c(/C=C2\C(=O)Nc3cccc(-c4cccc(C(=O)NCCN(C)C)c4)c32)c1C. The number of amides is 3. The van der Waals surface area contributed by atoms with Gasteiger partial charge in [0.2, 0.25) is 0 Å². The van der Waals surface area contributed by atoms with Crippen molar-refractivity contribution in [2.24, 2.45) is 0 Å². The Labute approximate surface area is 228 Å². The lowest BCUT2D eigenvalue weighted by molar-refractivity contribution is -0.110. The van der Waals surface area contributed by atoms with E-state index < -0.39 is 0 Å². The molecule has 0 saturated carbocycles. The fourth-order valence-electron chi connectivity index (χ4n) is 4.67. The smallest absolute Gasteiger partial charge is 0.256 e. The summed E-state index contributed by atoms with van der Waals surface area (Å²) in [6.45, 7) is 5.59. The van der Waals surface area contributed by atoms with Crippen LogP contribution in [0.4, 0.5) is 5.69 Å². The normalized spacial score (nSPS) is 13.5. The molecule has 2 heterocycles. The molecular formula is C30H35N5O4. The Bertz CT molecular complexity index is 1420. The number of nitrogens with one attached hydrogen (secondary N) is 3. The molecule has 4 N–H and O–H groups in total. The summed E-state index contributed by atoms with van der Waals surface area (Å²) in [7, 11) is 3.90. The second kappa shape index (κ2) is 12.1. The van der Waals surface area contributed by atoms with Crippen LogP contribution in [0, 0.1) is 6.92 Å². The summed E-state index contributed by atoms with van der Waals surface area (Å²) in [5, 5.41) is 15.2. The molecule has 2 aromatic carbocycles. The molecule has 0 fully saturated rings. The first kappa shape index (κ1) is 27.8. The summed E-state index contributed by atoms with van der Waals surface area (Å²) in [5.74, 6) is -0.576. The van der Waals surface area contributed by atoms with Gasteiger partial charge in [0.15, 0.2) is 0 Å². The van der Waals surface area contributed by atoms with Crippen molar-refractivity contribution in [3.05, 3.63) is 76.6 Å². The minimum Gasteiger partial charge on any atom is -0.395 e. The highest BCUT2D eigenvalue weighted by Gasteiger charge is 2.28. The largest absolute Gasteiger partial charge is 0.395 e. The number of hydrogen-bond acceptors (Lipinski definition) is 5. The number of aromatic nitrogens is 1. The monoisotopic (exact) mass is 529 g/mol. The molecule has 0 aliphatic carbocycles. The molecule has 1 aromatic heterocycles. The van der Waals surface area contributed by atoms with E-state index in [1.54, 1.807) is 23.2 Å². The average Bonchev–Trinajstić information content (AvgIpc) is 3.45. The zero-order valence-corrected chi connectivity index (χ0v) is 22.8. The molecule has 0 unspecified atom stereocenters. The molecule has 0 radical (unpaired) electrons. The lowest BCUT2D eigenvalue weighted by Crippen LogP contribution is -2.33. The number of carbonyl (C=O) groups is 3. The Balaban J connectivity index is 1.69. The molecule has 9 heteroatoms. The highest BCUT2D eigenvalue weighted by Crippen LogP contribution is 2.40. The van der Waals surface area contributed by atoms with E-state index in [9.17, 15) is 19.5 Å². The van der Waals surface area contributed by atoms with Crippen LogP contribution in [-0.4, -0.2) is 84.5 Å². The molecule has 3 aromatic rings. The van der Waals surface area contributed by atoms with Crippen molar-refractivity contribution in [2.75, 3.05) is 52.2 Å². The van der Waals surface area contributed by atoms with E-state index in [1.165, 1.54) is 0 Å².